The Morgan fingerprint density at radius 1 is 1.32 bits per heavy atom. The van der Waals surface area contributed by atoms with Crippen molar-refractivity contribution >= 4 is 23.1 Å². The van der Waals surface area contributed by atoms with E-state index in [-0.39, 0.29) is 12.5 Å². The third kappa shape index (κ3) is 4.23. The molecule has 1 fully saturated rings. The fraction of sp³-hybridized carbons (Fsp3) is 0.409. The molecule has 4 rings (SSSR count). The van der Waals surface area contributed by atoms with Crippen LogP contribution in [-0.2, 0) is 6.42 Å². The highest BCUT2D eigenvalue weighted by Crippen LogP contribution is 2.29. The summed E-state index contributed by atoms with van der Waals surface area (Å²) in [6.07, 6.45) is -0.335. The molecule has 8 nitrogen and oxygen atoms in total. The maximum absolute atomic E-state index is 13.3. The van der Waals surface area contributed by atoms with Crippen molar-refractivity contribution in [2.24, 2.45) is 5.73 Å². The molecule has 3 heterocycles. The second-order valence-corrected chi connectivity index (χ2v) is 8.17. The van der Waals surface area contributed by atoms with Gasteiger partial charge in [0.05, 0.1) is 35.1 Å². The molecule has 4 N–H and O–H groups in total. The molecule has 164 valence electrons. The molecule has 0 spiro atoms. The van der Waals surface area contributed by atoms with Gasteiger partial charge in [0.15, 0.2) is 5.82 Å². The van der Waals surface area contributed by atoms with Gasteiger partial charge in [0.2, 0.25) is 0 Å². The van der Waals surface area contributed by atoms with E-state index in [4.69, 9.17) is 22.1 Å². The number of aliphatic hydroxyl groups is 1. The quantitative estimate of drug-likeness (QED) is 0.642. The van der Waals surface area contributed by atoms with Crippen molar-refractivity contribution in [1.82, 2.24) is 20.2 Å². The summed E-state index contributed by atoms with van der Waals surface area (Å²) in [7, 11) is 0. The summed E-state index contributed by atoms with van der Waals surface area (Å²) in [5, 5.41) is 13.7. The number of β-amino-alcohol motifs (C(OH)–C–C–N with tert-alkyl or cyclic N) is 1. The number of carbonyl (C=O) groups excluding carboxylic acids is 1. The van der Waals surface area contributed by atoms with Gasteiger partial charge in [0.25, 0.3) is 5.91 Å². The Labute approximate surface area is 186 Å². The smallest absolute Gasteiger partial charge is 0.258 e. The SMILES string of the molecule is CCc1nc(C2=C(N)CN(C(=O)c3ccccc3O[C@H]3CNC[C@@H]3O)C2)nc(C)c1Cl. The van der Waals surface area contributed by atoms with Gasteiger partial charge in [-0.2, -0.15) is 0 Å². The molecule has 2 aromatic rings. The number of carbonyl (C=O) groups is 1. The summed E-state index contributed by atoms with van der Waals surface area (Å²) in [5.41, 5.74) is 9.46. The summed E-state index contributed by atoms with van der Waals surface area (Å²) < 4.78 is 5.95. The maximum atomic E-state index is 13.3. The molecule has 1 amide bonds. The molecule has 2 aliphatic heterocycles. The molecule has 1 aromatic carbocycles. The number of benzene rings is 1. The predicted octanol–water partition coefficient (Wildman–Crippen LogP) is 1.54. The average molecular weight is 444 g/mol. The predicted molar refractivity (Wildman–Crippen MR) is 118 cm³/mol. The number of aliphatic hydroxyl groups excluding tert-OH is 1. The third-order valence-electron chi connectivity index (χ3n) is 5.60. The topological polar surface area (TPSA) is 114 Å². The van der Waals surface area contributed by atoms with Crippen LogP contribution in [0.15, 0.2) is 30.0 Å². The van der Waals surface area contributed by atoms with Crippen molar-refractivity contribution in [2.45, 2.75) is 32.5 Å². The molecular weight excluding hydrogens is 418 g/mol. The molecule has 0 aliphatic carbocycles. The van der Waals surface area contributed by atoms with E-state index in [1.807, 2.05) is 13.8 Å². The molecule has 0 saturated carbocycles. The first-order valence-electron chi connectivity index (χ1n) is 10.3. The molecule has 0 bridgehead atoms. The average Bonchev–Trinajstić information content (AvgIpc) is 3.35. The molecule has 2 atom stereocenters. The molecule has 2 aliphatic rings. The zero-order valence-electron chi connectivity index (χ0n) is 17.6. The van der Waals surface area contributed by atoms with Crippen LogP contribution in [0.3, 0.4) is 0 Å². The molecule has 31 heavy (non-hydrogen) atoms. The lowest BCUT2D eigenvalue weighted by molar-refractivity contribution is 0.0688. The van der Waals surface area contributed by atoms with E-state index in [0.717, 1.165) is 11.3 Å². The highest BCUT2D eigenvalue weighted by atomic mass is 35.5. The maximum Gasteiger partial charge on any atom is 0.258 e. The van der Waals surface area contributed by atoms with Crippen molar-refractivity contribution < 1.29 is 14.6 Å². The molecule has 1 saturated heterocycles. The molecule has 9 heteroatoms. The monoisotopic (exact) mass is 443 g/mol. The van der Waals surface area contributed by atoms with Crippen LogP contribution in [0.5, 0.6) is 5.75 Å². The van der Waals surface area contributed by atoms with Crippen LogP contribution in [-0.4, -0.2) is 64.3 Å². The minimum atomic E-state index is -0.614. The number of nitrogens with one attached hydrogen (secondary N) is 1. The molecular formula is C22H26ClN5O3. The van der Waals surface area contributed by atoms with Gasteiger partial charge in [0, 0.05) is 24.4 Å². The lowest BCUT2D eigenvalue weighted by atomic mass is 10.1. The fourth-order valence-corrected chi connectivity index (χ4v) is 4.05. The number of para-hydroxylation sites is 1. The molecule has 0 unspecified atom stereocenters. The first-order valence-corrected chi connectivity index (χ1v) is 10.7. The Morgan fingerprint density at radius 3 is 2.81 bits per heavy atom. The highest BCUT2D eigenvalue weighted by Gasteiger charge is 2.31. The van der Waals surface area contributed by atoms with Crippen molar-refractivity contribution in [2.75, 3.05) is 26.2 Å². The van der Waals surface area contributed by atoms with Crippen LogP contribution < -0.4 is 15.8 Å². The Balaban J connectivity index is 1.55. The van der Waals surface area contributed by atoms with Crippen LogP contribution >= 0.6 is 11.6 Å². The van der Waals surface area contributed by atoms with Crippen LogP contribution in [0.2, 0.25) is 5.02 Å². The minimum Gasteiger partial charge on any atom is -0.486 e. The van der Waals surface area contributed by atoms with Gasteiger partial charge in [0.1, 0.15) is 18.0 Å². The van der Waals surface area contributed by atoms with Gasteiger partial charge < -0.3 is 25.8 Å². The fourth-order valence-electron chi connectivity index (χ4n) is 3.84. The number of halogens is 1. The molecule has 0 radical (unpaired) electrons. The van der Waals surface area contributed by atoms with Crippen molar-refractivity contribution in [1.29, 1.82) is 0 Å². The first kappa shape index (κ1) is 21.5. The van der Waals surface area contributed by atoms with Gasteiger partial charge >= 0.3 is 0 Å². The van der Waals surface area contributed by atoms with E-state index in [1.54, 1.807) is 29.2 Å². The number of hydrogen-bond donors (Lipinski definition) is 3. The van der Waals surface area contributed by atoms with Gasteiger partial charge in [-0.3, -0.25) is 4.79 Å². The van der Waals surface area contributed by atoms with Crippen LogP contribution in [0.4, 0.5) is 0 Å². The van der Waals surface area contributed by atoms with Gasteiger partial charge in [-0.1, -0.05) is 30.7 Å². The Morgan fingerprint density at radius 2 is 2.10 bits per heavy atom. The van der Waals surface area contributed by atoms with Crippen LogP contribution in [0.25, 0.3) is 5.57 Å². The molecule has 1 aromatic heterocycles. The standard InChI is InChI=1S/C22H26ClN5O3/c1-3-16-20(23)12(2)26-21(27-16)14-10-28(11-15(14)24)22(30)13-6-4-5-7-18(13)31-19-9-25-8-17(19)29/h4-7,17,19,25,29H,3,8-11,24H2,1-2H3/t17-,19-/m0/s1. The van der Waals surface area contributed by atoms with E-state index in [2.05, 4.69) is 15.3 Å². The van der Waals surface area contributed by atoms with Crippen LogP contribution in [0.1, 0.15) is 34.5 Å². The number of nitrogens with two attached hydrogens (primary N) is 1. The van der Waals surface area contributed by atoms with Crippen LogP contribution in [0, 0.1) is 6.92 Å². The van der Waals surface area contributed by atoms with Crippen molar-refractivity contribution in [3.8, 4) is 5.75 Å². The van der Waals surface area contributed by atoms with E-state index >= 15 is 0 Å². The zero-order valence-corrected chi connectivity index (χ0v) is 18.3. The number of nitrogens with zero attached hydrogens (tertiary/aromatic N) is 3. The highest BCUT2D eigenvalue weighted by molar-refractivity contribution is 6.31. The Hall–Kier alpha value is -2.68. The largest absolute Gasteiger partial charge is 0.486 e. The number of hydrogen-bond acceptors (Lipinski definition) is 7. The van der Waals surface area contributed by atoms with Gasteiger partial charge in [-0.05, 0) is 25.5 Å². The second kappa shape index (κ2) is 8.82. The summed E-state index contributed by atoms with van der Waals surface area (Å²) >= 11 is 6.29. The zero-order chi connectivity index (χ0) is 22.1. The lowest BCUT2D eigenvalue weighted by Crippen LogP contribution is -2.33. The summed E-state index contributed by atoms with van der Waals surface area (Å²) in [6, 6.07) is 7.06. The normalized spacial score (nSPS) is 21.1. The summed E-state index contributed by atoms with van der Waals surface area (Å²) in [6.45, 7) is 5.39. The first-order chi connectivity index (χ1) is 14.9. The number of amides is 1. The lowest BCUT2D eigenvalue weighted by Gasteiger charge is -2.21. The Kier molecular flexibility index (Phi) is 6.13. The number of aryl methyl sites for hydroxylation is 2. The van der Waals surface area contributed by atoms with Gasteiger partial charge in [-0.15, -0.1) is 0 Å². The number of ether oxygens (including phenoxy) is 1. The van der Waals surface area contributed by atoms with E-state index in [0.29, 0.717) is 59.6 Å². The van der Waals surface area contributed by atoms with Crippen molar-refractivity contribution in [3.05, 3.63) is 57.8 Å². The summed E-state index contributed by atoms with van der Waals surface area (Å²) in [5.74, 6) is 0.755. The van der Waals surface area contributed by atoms with E-state index in [1.165, 1.54) is 0 Å². The number of aromatic nitrogens is 2. The van der Waals surface area contributed by atoms with E-state index in [9.17, 15) is 9.90 Å². The Bertz CT molecular complexity index is 1040. The van der Waals surface area contributed by atoms with Gasteiger partial charge in [-0.25, -0.2) is 9.97 Å². The van der Waals surface area contributed by atoms with E-state index < -0.39 is 12.2 Å². The second-order valence-electron chi connectivity index (χ2n) is 7.79. The number of rotatable bonds is 5. The van der Waals surface area contributed by atoms with Crippen molar-refractivity contribution in [3.63, 3.8) is 0 Å². The minimum absolute atomic E-state index is 0.199. The summed E-state index contributed by atoms with van der Waals surface area (Å²) in [4.78, 5) is 24.0. The third-order valence-corrected chi connectivity index (χ3v) is 6.09.